The molecule has 33 heavy (non-hydrogen) atoms. The van der Waals surface area contributed by atoms with E-state index in [0.717, 1.165) is 22.4 Å². The summed E-state index contributed by atoms with van der Waals surface area (Å²) >= 11 is 0. The second kappa shape index (κ2) is 9.30. The van der Waals surface area contributed by atoms with Gasteiger partial charge in [0, 0.05) is 24.5 Å². The molecular formula is C25H24N6O2. The fourth-order valence-electron chi connectivity index (χ4n) is 4.16. The van der Waals surface area contributed by atoms with Crippen LogP contribution in [0.3, 0.4) is 0 Å². The molecule has 1 unspecified atom stereocenters. The molecule has 0 radical (unpaired) electrons. The molecule has 0 bridgehead atoms. The number of rotatable bonds is 5. The van der Waals surface area contributed by atoms with E-state index in [0.29, 0.717) is 37.4 Å². The number of benzene rings is 2. The van der Waals surface area contributed by atoms with E-state index in [4.69, 9.17) is 4.74 Å². The van der Waals surface area contributed by atoms with Crippen LogP contribution in [-0.2, 0) is 11.2 Å². The Balaban J connectivity index is 1.43. The number of aromatic nitrogens is 5. The number of carbonyl (C=O) groups is 1. The van der Waals surface area contributed by atoms with Crippen LogP contribution >= 0.6 is 0 Å². The minimum Gasteiger partial charge on any atom is -0.377 e. The van der Waals surface area contributed by atoms with E-state index >= 15 is 0 Å². The van der Waals surface area contributed by atoms with Crippen molar-refractivity contribution in [2.24, 2.45) is 0 Å². The van der Waals surface area contributed by atoms with Gasteiger partial charge in [0.25, 0.3) is 5.91 Å². The normalized spacial score (nSPS) is 16.0. The zero-order valence-corrected chi connectivity index (χ0v) is 18.3. The van der Waals surface area contributed by atoms with Crippen molar-refractivity contribution in [2.45, 2.75) is 19.4 Å². The van der Waals surface area contributed by atoms with Gasteiger partial charge in [-0.3, -0.25) is 14.8 Å². The average Bonchev–Trinajstić information content (AvgIpc) is 3.39. The summed E-state index contributed by atoms with van der Waals surface area (Å²) < 4.78 is 5.77. The molecule has 2 aromatic heterocycles. The topological polar surface area (TPSA) is 86.0 Å². The summed E-state index contributed by atoms with van der Waals surface area (Å²) in [6, 6.07) is 13.9. The minimum atomic E-state index is -0.0812. The number of hydrogen-bond donors (Lipinski definition) is 0. The number of hydrogen-bond acceptors (Lipinski definition) is 6. The zero-order chi connectivity index (χ0) is 22.6. The van der Waals surface area contributed by atoms with Crippen molar-refractivity contribution in [1.82, 2.24) is 29.9 Å². The third-order valence-electron chi connectivity index (χ3n) is 5.76. The highest BCUT2D eigenvalue weighted by atomic mass is 16.5. The van der Waals surface area contributed by atoms with Gasteiger partial charge in [-0.2, -0.15) is 15.0 Å². The highest BCUT2D eigenvalue weighted by Gasteiger charge is 2.30. The molecule has 5 rings (SSSR count). The fraction of sp³-hybridized carbons (Fsp3) is 0.240. The van der Waals surface area contributed by atoms with Gasteiger partial charge in [0.1, 0.15) is 0 Å². The summed E-state index contributed by atoms with van der Waals surface area (Å²) in [5, 5.41) is 8.46. The quantitative estimate of drug-likeness (QED) is 0.474. The highest BCUT2D eigenvalue weighted by molar-refractivity contribution is 5.98. The van der Waals surface area contributed by atoms with Gasteiger partial charge >= 0.3 is 0 Å². The summed E-state index contributed by atoms with van der Waals surface area (Å²) in [5.74, 6) is -0.0376. The first kappa shape index (κ1) is 21.0. The predicted molar refractivity (Wildman–Crippen MR) is 123 cm³/mol. The van der Waals surface area contributed by atoms with E-state index in [1.807, 2.05) is 42.2 Å². The molecule has 1 saturated heterocycles. The van der Waals surface area contributed by atoms with Gasteiger partial charge in [-0.05, 0) is 37.1 Å². The predicted octanol–water partition coefficient (Wildman–Crippen LogP) is 3.12. The lowest BCUT2D eigenvalue weighted by molar-refractivity contribution is -0.00165. The first-order chi connectivity index (χ1) is 16.2. The number of morpholine rings is 1. The number of aryl methyl sites for hydroxylation is 1. The van der Waals surface area contributed by atoms with Crippen LogP contribution in [-0.4, -0.2) is 61.6 Å². The molecule has 2 aromatic carbocycles. The number of carbonyl (C=O) groups excluding carboxylic acids is 1. The van der Waals surface area contributed by atoms with Gasteiger partial charge in [-0.15, -0.1) is 0 Å². The Labute approximate surface area is 191 Å². The molecule has 1 amide bonds. The molecule has 0 saturated carbocycles. The molecule has 0 spiro atoms. The first-order valence-corrected chi connectivity index (χ1v) is 10.9. The molecule has 1 aliphatic rings. The van der Waals surface area contributed by atoms with Crippen LogP contribution < -0.4 is 0 Å². The van der Waals surface area contributed by atoms with Crippen LogP contribution in [0.25, 0.3) is 16.9 Å². The first-order valence-electron chi connectivity index (χ1n) is 10.9. The van der Waals surface area contributed by atoms with E-state index in [2.05, 4.69) is 32.3 Å². The lowest BCUT2D eigenvalue weighted by Gasteiger charge is -2.36. The zero-order valence-electron chi connectivity index (χ0n) is 18.3. The average molecular weight is 441 g/mol. The van der Waals surface area contributed by atoms with Crippen molar-refractivity contribution in [3.63, 3.8) is 0 Å². The van der Waals surface area contributed by atoms with Crippen molar-refractivity contribution in [3.05, 3.63) is 90.1 Å². The maximum Gasteiger partial charge on any atom is 0.256 e. The lowest BCUT2D eigenvalue weighted by Crippen LogP contribution is -2.50. The third kappa shape index (κ3) is 4.51. The highest BCUT2D eigenvalue weighted by Crippen LogP contribution is 2.23. The largest absolute Gasteiger partial charge is 0.377 e. The standard InChI is InChI=1S/C25H24N6O2/c1-18-5-6-24(31-28-9-10-29-31)22(13-18)25(32)30-11-12-33-17-21(30)15-19-3-2-4-20(14-19)23-16-26-7-8-27-23/h2-10,13-14,16,21H,11-12,15,17H2,1H3. The van der Waals surface area contributed by atoms with E-state index in [1.54, 1.807) is 31.0 Å². The SMILES string of the molecule is Cc1ccc(-n2nccn2)c(C(=O)N2CCOCC2Cc2cccc(-c3cnccn3)c2)c1. The fourth-order valence-corrected chi connectivity index (χ4v) is 4.16. The Morgan fingerprint density at radius 1 is 1.09 bits per heavy atom. The summed E-state index contributed by atoms with van der Waals surface area (Å²) in [6.45, 7) is 3.52. The van der Waals surface area contributed by atoms with Crippen molar-refractivity contribution >= 4 is 5.91 Å². The summed E-state index contributed by atoms with van der Waals surface area (Å²) in [4.78, 5) is 25.7. The lowest BCUT2D eigenvalue weighted by atomic mass is 9.99. The second-order valence-electron chi connectivity index (χ2n) is 8.06. The minimum absolute atomic E-state index is 0.0376. The second-order valence-corrected chi connectivity index (χ2v) is 8.06. The molecule has 1 aliphatic heterocycles. The van der Waals surface area contributed by atoms with Crippen LogP contribution in [0.1, 0.15) is 21.5 Å². The van der Waals surface area contributed by atoms with Gasteiger partial charge in [-0.25, -0.2) is 0 Å². The van der Waals surface area contributed by atoms with Gasteiger partial charge < -0.3 is 9.64 Å². The summed E-state index contributed by atoms with van der Waals surface area (Å²) in [7, 11) is 0. The molecule has 1 fully saturated rings. The number of ether oxygens (including phenoxy) is 1. The monoisotopic (exact) mass is 440 g/mol. The van der Waals surface area contributed by atoms with Crippen molar-refractivity contribution < 1.29 is 9.53 Å². The molecular weight excluding hydrogens is 416 g/mol. The Kier molecular flexibility index (Phi) is 5.91. The van der Waals surface area contributed by atoms with Crippen LogP contribution in [0.5, 0.6) is 0 Å². The Hall–Kier alpha value is -3.91. The van der Waals surface area contributed by atoms with E-state index < -0.39 is 0 Å². The summed E-state index contributed by atoms with van der Waals surface area (Å²) in [5.41, 5.74) is 5.21. The molecule has 1 atom stereocenters. The Morgan fingerprint density at radius 2 is 1.97 bits per heavy atom. The van der Waals surface area contributed by atoms with Crippen molar-refractivity contribution in [1.29, 1.82) is 0 Å². The third-order valence-corrected chi connectivity index (χ3v) is 5.76. The van der Waals surface area contributed by atoms with Gasteiger partial charge in [-0.1, -0.05) is 29.8 Å². The number of nitrogens with zero attached hydrogens (tertiary/aromatic N) is 6. The molecule has 166 valence electrons. The molecule has 8 heteroatoms. The van der Waals surface area contributed by atoms with E-state index in [1.165, 1.54) is 4.80 Å². The van der Waals surface area contributed by atoms with Crippen molar-refractivity contribution in [2.75, 3.05) is 19.8 Å². The van der Waals surface area contributed by atoms with Crippen LogP contribution in [0.4, 0.5) is 0 Å². The Bertz CT molecular complexity index is 1240. The van der Waals surface area contributed by atoms with E-state index in [9.17, 15) is 4.79 Å². The molecule has 4 aromatic rings. The van der Waals surface area contributed by atoms with Crippen LogP contribution in [0.2, 0.25) is 0 Å². The molecule has 0 aliphatic carbocycles. The van der Waals surface area contributed by atoms with E-state index in [-0.39, 0.29) is 11.9 Å². The van der Waals surface area contributed by atoms with Gasteiger partial charge in [0.15, 0.2) is 0 Å². The Morgan fingerprint density at radius 3 is 2.79 bits per heavy atom. The maximum atomic E-state index is 13.7. The van der Waals surface area contributed by atoms with Crippen LogP contribution in [0.15, 0.2) is 73.4 Å². The van der Waals surface area contributed by atoms with Crippen LogP contribution in [0, 0.1) is 6.92 Å². The van der Waals surface area contributed by atoms with Crippen molar-refractivity contribution in [3.8, 4) is 16.9 Å². The molecule has 0 N–H and O–H groups in total. The molecule has 3 heterocycles. The maximum absolute atomic E-state index is 13.7. The summed E-state index contributed by atoms with van der Waals surface area (Å²) in [6.07, 6.45) is 8.99. The van der Waals surface area contributed by atoms with Gasteiger partial charge in [0.05, 0.1) is 54.8 Å². The van der Waals surface area contributed by atoms with Gasteiger partial charge in [0.2, 0.25) is 0 Å². The number of amides is 1. The smallest absolute Gasteiger partial charge is 0.256 e. The molecule has 8 nitrogen and oxygen atoms in total.